The average Bonchev–Trinajstić information content (AvgIpc) is 3.39. The summed E-state index contributed by atoms with van der Waals surface area (Å²) in [7, 11) is 0. The van der Waals surface area contributed by atoms with Crippen LogP contribution in [0.25, 0.3) is 10.9 Å². The molecule has 0 amide bonds. The molecule has 3 rings (SSSR count). The van der Waals surface area contributed by atoms with Crippen LogP contribution in [0.15, 0.2) is 36.5 Å². The third-order valence-corrected chi connectivity index (χ3v) is 3.39. The van der Waals surface area contributed by atoms with Crippen molar-refractivity contribution in [1.29, 1.82) is 0 Å². The van der Waals surface area contributed by atoms with Gasteiger partial charge in [-0.25, -0.2) is 0 Å². The van der Waals surface area contributed by atoms with Crippen LogP contribution in [0.1, 0.15) is 46.5 Å². The van der Waals surface area contributed by atoms with Crippen molar-refractivity contribution in [3.05, 3.63) is 36.5 Å². The van der Waals surface area contributed by atoms with Crippen LogP contribution in [0.4, 0.5) is 13.2 Å². The Morgan fingerprint density at radius 2 is 1.79 bits per heavy atom. The van der Waals surface area contributed by atoms with Crippen molar-refractivity contribution in [3.8, 4) is 5.75 Å². The Balaban J connectivity index is 0.000000300. The van der Waals surface area contributed by atoms with Gasteiger partial charge in [0.15, 0.2) is 6.61 Å². The molecule has 0 radical (unpaired) electrons. The first kappa shape index (κ1) is 20.3. The van der Waals surface area contributed by atoms with Crippen LogP contribution in [-0.4, -0.2) is 17.8 Å². The molecule has 0 saturated heterocycles. The van der Waals surface area contributed by atoms with Crippen molar-refractivity contribution in [3.63, 3.8) is 0 Å². The number of pyridine rings is 1. The fourth-order valence-corrected chi connectivity index (χ4v) is 2.17. The van der Waals surface area contributed by atoms with Crippen molar-refractivity contribution in [2.24, 2.45) is 5.92 Å². The Labute approximate surface area is 142 Å². The van der Waals surface area contributed by atoms with E-state index in [-0.39, 0.29) is 5.75 Å². The lowest BCUT2D eigenvalue weighted by Gasteiger charge is -2.10. The largest absolute Gasteiger partial charge is 0.483 e. The number of benzene rings is 1. The molecular weight excluding hydrogens is 315 g/mol. The molecule has 5 heteroatoms. The predicted octanol–water partition coefficient (Wildman–Crippen LogP) is 6.40. The molecule has 1 aliphatic carbocycles. The first-order valence-electron chi connectivity index (χ1n) is 8.53. The van der Waals surface area contributed by atoms with E-state index in [0.29, 0.717) is 10.9 Å². The van der Waals surface area contributed by atoms with E-state index in [0.717, 1.165) is 5.92 Å². The topological polar surface area (TPSA) is 22.1 Å². The minimum atomic E-state index is -4.33. The summed E-state index contributed by atoms with van der Waals surface area (Å²) >= 11 is 0. The summed E-state index contributed by atoms with van der Waals surface area (Å²) in [5.74, 6) is 1.35. The summed E-state index contributed by atoms with van der Waals surface area (Å²) in [6, 6.07) is 8.31. The molecule has 0 spiro atoms. The highest BCUT2D eigenvalue weighted by Crippen LogP contribution is 2.33. The molecule has 1 aromatic carbocycles. The zero-order chi connectivity index (χ0) is 18.0. The summed E-state index contributed by atoms with van der Waals surface area (Å²) in [5.41, 5.74) is 0.613. The summed E-state index contributed by atoms with van der Waals surface area (Å²) < 4.78 is 40.7. The number of aromatic nitrogens is 1. The number of fused-ring (bicyclic) bond motifs is 1. The van der Waals surface area contributed by atoms with Gasteiger partial charge in [0.25, 0.3) is 0 Å². The van der Waals surface area contributed by atoms with E-state index in [1.54, 1.807) is 24.3 Å². The predicted molar refractivity (Wildman–Crippen MR) is 92.3 cm³/mol. The molecule has 1 aromatic heterocycles. The van der Waals surface area contributed by atoms with Crippen molar-refractivity contribution in [2.75, 3.05) is 6.61 Å². The molecule has 0 atom stereocenters. The number of hydrogen-bond donors (Lipinski definition) is 0. The molecule has 0 N–H and O–H groups in total. The molecule has 1 aliphatic rings. The smallest absolute Gasteiger partial charge is 0.422 e. The molecule has 2 aromatic rings. The maximum absolute atomic E-state index is 12.0. The van der Waals surface area contributed by atoms with E-state index in [1.807, 2.05) is 13.8 Å². The highest BCUT2D eigenvalue weighted by Gasteiger charge is 2.28. The molecule has 24 heavy (non-hydrogen) atoms. The van der Waals surface area contributed by atoms with Gasteiger partial charge in [-0.05, 0) is 24.1 Å². The Kier molecular flexibility index (Phi) is 8.58. The van der Waals surface area contributed by atoms with Crippen molar-refractivity contribution < 1.29 is 17.9 Å². The maximum atomic E-state index is 12.0. The molecule has 2 nitrogen and oxygen atoms in total. The minimum absolute atomic E-state index is 0.197. The lowest BCUT2D eigenvalue weighted by molar-refractivity contribution is -0.153. The van der Waals surface area contributed by atoms with Gasteiger partial charge in [-0.3, -0.25) is 4.98 Å². The van der Waals surface area contributed by atoms with Gasteiger partial charge in [-0.15, -0.1) is 0 Å². The lowest BCUT2D eigenvalue weighted by Crippen LogP contribution is -2.19. The molecule has 1 fully saturated rings. The molecule has 0 bridgehead atoms. The SMILES string of the molecule is CC.CCCC1CC1.FC(F)(F)COc1ccnc2ccccc12. The van der Waals surface area contributed by atoms with Crippen LogP contribution in [-0.2, 0) is 0 Å². The van der Waals surface area contributed by atoms with E-state index in [1.165, 1.54) is 37.9 Å². The van der Waals surface area contributed by atoms with E-state index >= 15 is 0 Å². The monoisotopic (exact) mass is 341 g/mol. The maximum Gasteiger partial charge on any atom is 0.422 e. The number of alkyl halides is 3. The Hall–Kier alpha value is -1.78. The van der Waals surface area contributed by atoms with E-state index < -0.39 is 12.8 Å². The molecule has 0 unspecified atom stereocenters. The second kappa shape index (κ2) is 10.2. The van der Waals surface area contributed by atoms with Crippen molar-refractivity contribution in [1.82, 2.24) is 4.98 Å². The number of halogens is 3. The van der Waals surface area contributed by atoms with Gasteiger partial charge in [-0.2, -0.15) is 13.2 Å². The lowest BCUT2D eigenvalue weighted by atomic mass is 10.2. The van der Waals surface area contributed by atoms with E-state index in [2.05, 4.69) is 11.9 Å². The third-order valence-electron chi connectivity index (χ3n) is 3.39. The zero-order valence-corrected chi connectivity index (χ0v) is 14.6. The van der Waals surface area contributed by atoms with Crippen molar-refractivity contribution >= 4 is 10.9 Å². The van der Waals surface area contributed by atoms with Crippen LogP contribution in [0.5, 0.6) is 5.75 Å². The minimum Gasteiger partial charge on any atom is -0.483 e. The number of rotatable bonds is 4. The van der Waals surface area contributed by atoms with Crippen LogP contribution >= 0.6 is 0 Å². The normalized spacial score (nSPS) is 13.4. The highest BCUT2D eigenvalue weighted by molar-refractivity contribution is 5.84. The van der Waals surface area contributed by atoms with Gasteiger partial charge in [-0.1, -0.05) is 58.6 Å². The van der Waals surface area contributed by atoms with Gasteiger partial charge >= 0.3 is 6.18 Å². The van der Waals surface area contributed by atoms with Crippen LogP contribution in [0.2, 0.25) is 0 Å². The highest BCUT2D eigenvalue weighted by atomic mass is 19.4. The summed E-state index contributed by atoms with van der Waals surface area (Å²) in [4.78, 5) is 4.03. The number of nitrogens with zero attached hydrogens (tertiary/aromatic N) is 1. The van der Waals surface area contributed by atoms with Gasteiger partial charge in [0.1, 0.15) is 5.75 Å². The number of para-hydroxylation sites is 1. The quantitative estimate of drug-likeness (QED) is 0.642. The summed E-state index contributed by atoms with van der Waals surface area (Å²) in [6.07, 6.45) is 3.02. The van der Waals surface area contributed by atoms with E-state index in [9.17, 15) is 13.2 Å². The van der Waals surface area contributed by atoms with Gasteiger partial charge in [0.2, 0.25) is 0 Å². The first-order valence-corrected chi connectivity index (χ1v) is 8.53. The van der Waals surface area contributed by atoms with Gasteiger partial charge < -0.3 is 4.74 Å². The standard InChI is InChI=1S/C11H8F3NO.C6H12.C2H6/c12-11(13,14)7-16-10-5-6-15-9-4-2-1-3-8(9)10;1-2-3-6-4-5-6;1-2/h1-6H,7H2;6H,2-5H2,1H3;1-2H3. The second-order valence-corrected chi connectivity index (χ2v) is 5.46. The third kappa shape index (κ3) is 7.66. The van der Waals surface area contributed by atoms with E-state index in [4.69, 9.17) is 4.74 Å². The summed E-state index contributed by atoms with van der Waals surface area (Å²) in [5, 5.41) is 0.578. The zero-order valence-electron chi connectivity index (χ0n) is 14.6. The van der Waals surface area contributed by atoms with Crippen LogP contribution < -0.4 is 4.74 Å². The molecule has 0 aliphatic heterocycles. The molecule has 1 saturated carbocycles. The molecular formula is C19H26F3NO. The van der Waals surface area contributed by atoms with Crippen LogP contribution in [0.3, 0.4) is 0 Å². The average molecular weight is 341 g/mol. The van der Waals surface area contributed by atoms with Crippen molar-refractivity contribution in [2.45, 2.75) is 52.6 Å². The van der Waals surface area contributed by atoms with Gasteiger partial charge in [0.05, 0.1) is 5.52 Å². The Morgan fingerprint density at radius 3 is 2.33 bits per heavy atom. The molecule has 134 valence electrons. The Bertz CT molecular complexity index is 589. The van der Waals surface area contributed by atoms with Gasteiger partial charge in [0, 0.05) is 11.6 Å². The summed E-state index contributed by atoms with van der Waals surface area (Å²) in [6.45, 7) is 4.97. The van der Waals surface area contributed by atoms with Crippen LogP contribution in [0, 0.1) is 5.92 Å². The Morgan fingerprint density at radius 1 is 1.12 bits per heavy atom. The number of ether oxygens (including phenoxy) is 1. The molecule has 1 heterocycles. The number of hydrogen-bond acceptors (Lipinski definition) is 2. The first-order chi connectivity index (χ1) is 11.5. The fraction of sp³-hybridized carbons (Fsp3) is 0.526. The second-order valence-electron chi connectivity index (χ2n) is 5.46. The fourth-order valence-electron chi connectivity index (χ4n) is 2.17.